The highest BCUT2D eigenvalue weighted by atomic mass is 16.5. The smallest absolute Gasteiger partial charge is 0.253 e. The first-order valence-electron chi connectivity index (χ1n) is 9.87. The van der Waals surface area contributed by atoms with E-state index in [1.165, 1.54) is 12.2 Å². The first-order chi connectivity index (χ1) is 14.4. The van der Waals surface area contributed by atoms with Crippen molar-refractivity contribution in [1.29, 1.82) is 0 Å². The second-order valence-electron chi connectivity index (χ2n) is 6.57. The topological polar surface area (TPSA) is 157 Å². The quantitative estimate of drug-likeness (QED) is 0.141. The lowest BCUT2D eigenvalue weighted by Gasteiger charge is -2.13. The van der Waals surface area contributed by atoms with Gasteiger partial charge in [0.25, 0.3) is 11.8 Å². The first-order valence-corrected chi connectivity index (χ1v) is 9.87. The molecule has 4 N–H and O–H groups in total. The van der Waals surface area contributed by atoms with Crippen molar-refractivity contribution in [3.63, 3.8) is 0 Å². The summed E-state index contributed by atoms with van der Waals surface area (Å²) < 4.78 is 10.5. The van der Waals surface area contributed by atoms with Gasteiger partial charge in [-0.3, -0.25) is 24.1 Å². The maximum absolute atomic E-state index is 11.7. The predicted octanol–water partition coefficient (Wildman–Crippen LogP) is -1.74. The number of ether oxygens (including phenoxy) is 2. The van der Waals surface area contributed by atoms with E-state index in [1.54, 1.807) is 0 Å². The number of carbonyl (C=O) groups excluding carboxylic acids is 5. The fourth-order valence-electron chi connectivity index (χ4n) is 2.45. The van der Waals surface area contributed by atoms with Crippen LogP contribution in [0.1, 0.15) is 25.7 Å². The molecule has 0 aromatic heterocycles. The highest BCUT2D eigenvalue weighted by Gasteiger charge is 2.23. The molecule has 0 aromatic rings. The molecule has 0 fully saturated rings. The Bertz CT molecular complexity index is 606. The summed E-state index contributed by atoms with van der Waals surface area (Å²) >= 11 is 0. The summed E-state index contributed by atoms with van der Waals surface area (Å²) in [5.41, 5.74) is 5.47. The van der Waals surface area contributed by atoms with Crippen molar-refractivity contribution >= 4 is 29.9 Å². The van der Waals surface area contributed by atoms with E-state index in [-0.39, 0.29) is 57.8 Å². The fraction of sp³-hybridized carbons (Fsp3) is 0.632. The zero-order valence-electron chi connectivity index (χ0n) is 17.0. The Balaban J connectivity index is 1.88. The summed E-state index contributed by atoms with van der Waals surface area (Å²) in [6, 6.07) is -0.443. The van der Waals surface area contributed by atoms with Crippen LogP contribution in [0.15, 0.2) is 12.2 Å². The van der Waals surface area contributed by atoms with Gasteiger partial charge < -0.3 is 30.6 Å². The van der Waals surface area contributed by atoms with Crippen LogP contribution in [0.3, 0.4) is 0 Å². The van der Waals surface area contributed by atoms with Gasteiger partial charge in [-0.1, -0.05) is 0 Å². The molecule has 4 amide bonds. The number of hydrogen-bond acceptors (Lipinski definition) is 8. The third-order valence-electron chi connectivity index (χ3n) is 4.10. The molecule has 0 bridgehead atoms. The Morgan fingerprint density at radius 2 is 1.67 bits per heavy atom. The zero-order chi connectivity index (χ0) is 22.2. The van der Waals surface area contributed by atoms with Crippen LogP contribution in [-0.2, 0) is 33.4 Å². The minimum absolute atomic E-state index is 0.0290. The molecule has 1 aliphatic rings. The number of nitrogens with zero attached hydrogens (tertiary/aromatic N) is 1. The van der Waals surface area contributed by atoms with Crippen LogP contribution in [-0.4, -0.2) is 86.9 Å². The molecule has 1 heterocycles. The maximum Gasteiger partial charge on any atom is 0.253 e. The summed E-state index contributed by atoms with van der Waals surface area (Å²) in [6.07, 6.45) is 5.19. The molecule has 0 unspecified atom stereocenters. The molecule has 0 aliphatic carbocycles. The second-order valence-corrected chi connectivity index (χ2v) is 6.57. The number of rotatable bonds is 17. The van der Waals surface area contributed by atoms with E-state index in [0.717, 1.165) is 17.7 Å². The van der Waals surface area contributed by atoms with Gasteiger partial charge in [0.2, 0.25) is 11.8 Å². The van der Waals surface area contributed by atoms with Crippen molar-refractivity contribution in [3.05, 3.63) is 12.2 Å². The Morgan fingerprint density at radius 3 is 2.37 bits per heavy atom. The molecule has 0 aromatic carbocycles. The van der Waals surface area contributed by atoms with E-state index in [9.17, 15) is 24.0 Å². The Hall–Kier alpha value is -2.63. The van der Waals surface area contributed by atoms with Crippen LogP contribution in [0.25, 0.3) is 0 Å². The molecular formula is C19H30N4O7. The van der Waals surface area contributed by atoms with Crippen LogP contribution in [0.2, 0.25) is 0 Å². The second kappa shape index (κ2) is 15.2. The summed E-state index contributed by atoms with van der Waals surface area (Å²) in [6.45, 7) is 1.54. The lowest BCUT2D eigenvalue weighted by Crippen LogP contribution is -2.35. The molecule has 11 nitrogen and oxygen atoms in total. The molecule has 0 spiro atoms. The Morgan fingerprint density at radius 1 is 1.00 bits per heavy atom. The number of unbranched alkanes of at least 4 members (excludes halogenated alkanes) is 1. The highest BCUT2D eigenvalue weighted by Crippen LogP contribution is 2.03. The van der Waals surface area contributed by atoms with Crippen LogP contribution in [0, 0.1) is 0 Å². The van der Waals surface area contributed by atoms with Crippen LogP contribution in [0.5, 0.6) is 0 Å². The van der Waals surface area contributed by atoms with Crippen molar-refractivity contribution in [2.45, 2.75) is 31.7 Å². The van der Waals surface area contributed by atoms with E-state index < -0.39 is 17.9 Å². The summed E-state index contributed by atoms with van der Waals surface area (Å²) in [5.74, 6) is -1.34. The first kappa shape index (κ1) is 25.4. The minimum atomic E-state index is -0.443. The molecule has 0 saturated heterocycles. The molecule has 0 radical (unpaired) electrons. The van der Waals surface area contributed by atoms with Crippen molar-refractivity contribution in [2.24, 2.45) is 5.73 Å². The monoisotopic (exact) mass is 426 g/mol. The van der Waals surface area contributed by atoms with Gasteiger partial charge in [-0.25, -0.2) is 0 Å². The van der Waals surface area contributed by atoms with E-state index in [2.05, 4.69) is 10.6 Å². The summed E-state index contributed by atoms with van der Waals surface area (Å²) in [4.78, 5) is 57.3. The van der Waals surface area contributed by atoms with Crippen molar-refractivity contribution in [2.75, 3.05) is 46.1 Å². The third-order valence-corrected chi connectivity index (χ3v) is 4.10. The standard InChI is InChI=1S/C19H30N4O7/c20-15(13-24)3-1-2-7-21-17(26)14-30-12-11-29-10-8-22-16(25)6-9-23-18(27)4-5-19(23)28/h4-5,13,15H,1-3,6-12,14,20H2,(H,21,26)(H,22,25)/t15-/m0/s1. The van der Waals surface area contributed by atoms with Crippen molar-refractivity contribution in [3.8, 4) is 0 Å². The van der Waals surface area contributed by atoms with E-state index in [1.807, 2.05) is 0 Å². The maximum atomic E-state index is 11.7. The Labute approximate surface area is 175 Å². The number of aldehydes is 1. The number of amides is 4. The number of imide groups is 1. The third kappa shape index (κ3) is 11.4. The SMILES string of the molecule is N[C@H](C=O)CCCCNC(=O)COCCOCCNC(=O)CCN1C(=O)C=CC1=O. The summed E-state index contributed by atoms with van der Waals surface area (Å²) in [5, 5.41) is 5.33. The molecule has 1 atom stereocenters. The molecular weight excluding hydrogens is 396 g/mol. The average molecular weight is 426 g/mol. The lowest BCUT2D eigenvalue weighted by atomic mass is 10.1. The lowest BCUT2D eigenvalue weighted by molar-refractivity contribution is -0.137. The molecule has 11 heteroatoms. The zero-order valence-corrected chi connectivity index (χ0v) is 17.0. The molecule has 168 valence electrons. The van der Waals surface area contributed by atoms with E-state index in [0.29, 0.717) is 19.3 Å². The van der Waals surface area contributed by atoms with E-state index >= 15 is 0 Å². The van der Waals surface area contributed by atoms with Gasteiger partial charge in [0.15, 0.2) is 0 Å². The van der Waals surface area contributed by atoms with Gasteiger partial charge in [-0.05, 0) is 19.3 Å². The van der Waals surface area contributed by atoms with Crippen molar-refractivity contribution < 1.29 is 33.4 Å². The normalized spacial score (nSPS) is 14.1. The van der Waals surface area contributed by atoms with Gasteiger partial charge >= 0.3 is 0 Å². The number of nitrogens with two attached hydrogens (primary N) is 1. The fourth-order valence-corrected chi connectivity index (χ4v) is 2.45. The molecule has 1 aliphatic heterocycles. The van der Waals surface area contributed by atoms with Gasteiger partial charge in [0, 0.05) is 38.2 Å². The van der Waals surface area contributed by atoms with Crippen LogP contribution < -0.4 is 16.4 Å². The summed E-state index contributed by atoms with van der Waals surface area (Å²) in [7, 11) is 0. The number of nitrogens with one attached hydrogen (secondary N) is 2. The minimum Gasteiger partial charge on any atom is -0.377 e. The highest BCUT2D eigenvalue weighted by molar-refractivity contribution is 6.13. The van der Waals surface area contributed by atoms with Crippen LogP contribution >= 0.6 is 0 Å². The number of hydrogen-bond donors (Lipinski definition) is 3. The van der Waals surface area contributed by atoms with Gasteiger partial charge in [0.1, 0.15) is 12.9 Å². The van der Waals surface area contributed by atoms with Gasteiger partial charge in [0.05, 0.1) is 25.9 Å². The predicted molar refractivity (Wildman–Crippen MR) is 106 cm³/mol. The van der Waals surface area contributed by atoms with Gasteiger partial charge in [-0.2, -0.15) is 0 Å². The number of carbonyl (C=O) groups is 5. The van der Waals surface area contributed by atoms with Crippen LogP contribution in [0.4, 0.5) is 0 Å². The van der Waals surface area contributed by atoms with E-state index in [4.69, 9.17) is 15.2 Å². The average Bonchev–Trinajstić information content (AvgIpc) is 3.05. The Kier molecular flexibility index (Phi) is 12.9. The largest absolute Gasteiger partial charge is 0.377 e. The van der Waals surface area contributed by atoms with Gasteiger partial charge in [-0.15, -0.1) is 0 Å². The molecule has 1 rings (SSSR count). The van der Waals surface area contributed by atoms with Crippen molar-refractivity contribution in [1.82, 2.24) is 15.5 Å². The molecule has 0 saturated carbocycles. The molecule has 30 heavy (non-hydrogen) atoms.